The van der Waals surface area contributed by atoms with Crippen LogP contribution >= 0.6 is 11.8 Å². The molecule has 0 spiro atoms. The predicted octanol–water partition coefficient (Wildman–Crippen LogP) is 3.86. The van der Waals surface area contributed by atoms with E-state index in [1.807, 2.05) is 25.1 Å². The Bertz CT molecular complexity index is 666. The van der Waals surface area contributed by atoms with Gasteiger partial charge in [-0.3, -0.25) is 0 Å². The van der Waals surface area contributed by atoms with E-state index in [4.69, 9.17) is 10.9 Å². The molecule has 2 aromatic carbocycles. The van der Waals surface area contributed by atoms with Gasteiger partial charge in [-0.2, -0.15) is 0 Å². The molecule has 3 N–H and O–H groups in total. The first-order chi connectivity index (χ1) is 9.52. The highest BCUT2D eigenvalue weighted by Crippen LogP contribution is 2.34. The third-order valence-electron chi connectivity index (χ3n) is 3.29. The highest BCUT2D eigenvalue weighted by Gasteiger charge is 2.11. The average Bonchev–Trinajstić information content (AvgIpc) is 2.44. The minimum atomic E-state index is 0.139. The molecule has 0 aromatic heterocycles. The van der Waals surface area contributed by atoms with Crippen LogP contribution in [-0.2, 0) is 0 Å². The summed E-state index contributed by atoms with van der Waals surface area (Å²) in [6.07, 6.45) is 0. The van der Waals surface area contributed by atoms with Gasteiger partial charge in [0.25, 0.3) is 0 Å². The highest BCUT2D eigenvalue weighted by atomic mass is 32.2. The lowest BCUT2D eigenvalue weighted by atomic mass is 10.1. The van der Waals surface area contributed by atoms with Crippen molar-refractivity contribution in [1.82, 2.24) is 0 Å². The van der Waals surface area contributed by atoms with E-state index in [0.29, 0.717) is 0 Å². The van der Waals surface area contributed by atoms with Gasteiger partial charge in [-0.1, -0.05) is 35.1 Å². The summed E-state index contributed by atoms with van der Waals surface area (Å²) in [4.78, 5) is 2.17. The monoisotopic (exact) mass is 286 g/mol. The number of rotatable bonds is 3. The normalized spacial score (nSPS) is 11.7. The second-order valence-corrected chi connectivity index (χ2v) is 5.87. The fourth-order valence-corrected chi connectivity index (χ4v) is 3.06. The second-order valence-electron chi connectivity index (χ2n) is 4.78. The zero-order valence-electron chi connectivity index (χ0n) is 11.8. The van der Waals surface area contributed by atoms with Gasteiger partial charge in [-0.05, 0) is 55.7 Å². The fourth-order valence-electron chi connectivity index (χ4n) is 1.94. The average molecular weight is 286 g/mol. The van der Waals surface area contributed by atoms with Gasteiger partial charge in [0.15, 0.2) is 5.84 Å². The van der Waals surface area contributed by atoms with E-state index in [1.54, 1.807) is 11.8 Å². The maximum atomic E-state index is 8.90. The summed E-state index contributed by atoms with van der Waals surface area (Å²) >= 11 is 1.64. The maximum absolute atomic E-state index is 8.90. The Labute approximate surface area is 123 Å². The van der Waals surface area contributed by atoms with E-state index in [9.17, 15) is 0 Å². The summed E-state index contributed by atoms with van der Waals surface area (Å²) in [5, 5.41) is 12.0. The van der Waals surface area contributed by atoms with E-state index in [2.05, 4.69) is 37.2 Å². The van der Waals surface area contributed by atoms with Crippen molar-refractivity contribution >= 4 is 17.6 Å². The van der Waals surface area contributed by atoms with Crippen LogP contribution in [-0.4, -0.2) is 11.0 Å². The molecule has 2 rings (SSSR count). The van der Waals surface area contributed by atoms with Crippen molar-refractivity contribution in [3.63, 3.8) is 0 Å². The summed E-state index contributed by atoms with van der Waals surface area (Å²) in [6.45, 7) is 6.22. The minimum Gasteiger partial charge on any atom is -0.409 e. The number of amidine groups is 1. The van der Waals surface area contributed by atoms with Crippen molar-refractivity contribution in [2.75, 3.05) is 0 Å². The van der Waals surface area contributed by atoms with Crippen LogP contribution in [0.1, 0.15) is 22.3 Å². The Hall–Kier alpha value is -1.94. The molecule has 0 heterocycles. The zero-order valence-corrected chi connectivity index (χ0v) is 12.7. The molecule has 0 fully saturated rings. The zero-order chi connectivity index (χ0) is 14.7. The first-order valence-electron chi connectivity index (χ1n) is 6.35. The molecule has 0 saturated carbocycles. The third kappa shape index (κ3) is 2.96. The Morgan fingerprint density at radius 2 is 1.80 bits per heavy atom. The Morgan fingerprint density at radius 3 is 2.45 bits per heavy atom. The molecule has 4 heteroatoms. The van der Waals surface area contributed by atoms with Gasteiger partial charge in [0.1, 0.15) is 0 Å². The van der Waals surface area contributed by atoms with E-state index in [0.717, 1.165) is 20.9 Å². The van der Waals surface area contributed by atoms with Crippen LogP contribution in [0.3, 0.4) is 0 Å². The summed E-state index contributed by atoms with van der Waals surface area (Å²) in [5.74, 6) is 0.139. The molecule has 0 saturated heterocycles. The van der Waals surface area contributed by atoms with Crippen molar-refractivity contribution in [3.8, 4) is 0 Å². The van der Waals surface area contributed by atoms with Gasteiger partial charge in [0.2, 0.25) is 0 Å². The summed E-state index contributed by atoms with van der Waals surface area (Å²) in [5.41, 5.74) is 10.2. The lowest BCUT2D eigenvalue weighted by molar-refractivity contribution is 0.318. The number of oxime groups is 1. The number of nitrogens with zero attached hydrogens (tertiary/aromatic N) is 1. The lowest BCUT2D eigenvalue weighted by Gasteiger charge is -2.12. The Balaban J connectivity index is 2.45. The molecular formula is C16H18N2OS. The number of hydrogen-bond acceptors (Lipinski definition) is 3. The van der Waals surface area contributed by atoms with Crippen LogP contribution in [0.5, 0.6) is 0 Å². The largest absolute Gasteiger partial charge is 0.409 e. The van der Waals surface area contributed by atoms with Crippen molar-refractivity contribution in [3.05, 3.63) is 58.7 Å². The molecule has 0 atom stereocenters. The molecule has 0 aliphatic heterocycles. The van der Waals surface area contributed by atoms with Gasteiger partial charge in [0, 0.05) is 15.4 Å². The van der Waals surface area contributed by atoms with Crippen LogP contribution in [0.2, 0.25) is 0 Å². The summed E-state index contributed by atoms with van der Waals surface area (Å²) in [6, 6.07) is 12.2. The van der Waals surface area contributed by atoms with Crippen LogP contribution < -0.4 is 5.73 Å². The number of nitrogens with two attached hydrogens (primary N) is 1. The second kappa shape index (κ2) is 6.01. The number of benzene rings is 2. The highest BCUT2D eigenvalue weighted by molar-refractivity contribution is 7.99. The van der Waals surface area contributed by atoms with E-state index >= 15 is 0 Å². The molecular weight excluding hydrogens is 268 g/mol. The van der Waals surface area contributed by atoms with Crippen LogP contribution in [0, 0.1) is 20.8 Å². The third-order valence-corrected chi connectivity index (χ3v) is 4.53. The molecule has 0 radical (unpaired) electrons. The molecule has 3 nitrogen and oxygen atoms in total. The maximum Gasteiger partial charge on any atom is 0.171 e. The Morgan fingerprint density at radius 1 is 1.05 bits per heavy atom. The van der Waals surface area contributed by atoms with Crippen molar-refractivity contribution in [2.45, 2.75) is 30.6 Å². The molecule has 0 unspecified atom stereocenters. The first-order valence-corrected chi connectivity index (χ1v) is 7.17. The Kier molecular flexibility index (Phi) is 4.35. The molecule has 0 aliphatic carbocycles. The van der Waals surface area contributed by atoms with Crippen molar-refractivity contribution in [1.29, 1.82) is 0 Å². The molecule has 2 aromatic rings. The lowest BCUT2D eigenvalue weighted by Crippen LogP contribution is -2.14. The summed E-state index contributed by atoms with van der Waals surface area (Å²) < 4.78 is 0. The molecule has 104 valence electrons. The summed E-state index contributed by atoms with van der Waals surface area (Å²) in [7, 11) is 0. The number of hydrogen-bond donors (Lipinski definition) is 2. The molecule has 0 aliphatic rings. The fraction of sp³-hybridized carbons (Fsp3) is 0.188. The quantitative estimate of drug-likeness (QED) is 0.390. The number of aryl methyl sites for hydroxylation is 3. The molecule has 20 heavy (non-hydrogen) atoms. The van der Waals surface area contributed by atoms with Gasteiger partial charge < -0.3 is 10.9 Å². The van der Waals surface area contributed by atoms with Gasteiger partial charge in [0.05, 0.1) is 0 Å². The van der Waals surface area contributed by atoms with E-state index < -0.39 is 0 Å². The SMILES string of the molecule is Cc1ccc(Sc2c(C)cccc2/C(N)=N/O)cc1C. The van der Waals surface area contributed by atoms with E-state index in [1.165, 1.54) is 11.1 Å². The van der Waals surface area contributed by atoms with Crippen molar-refractivity contribution in [2.24, 2.45) is 10.9 Å². The van der Waals surface area contributed by atoms with Gasteiger partial charge >= 0.3 is 0 Å². The predicted molar refractivity (Wildman–Crippen MR) is 83.7 cm³/mol. The van der Waals surface area contributed by atoms with Crippen molar-refractivity contribution < 1.29 is 5.21 Å². The topological polar surface area (TPSA) is 58.6 Å². The smallest absolute Gasteiger partial charge is 0.171 e. The first kappa shape index (κ1) is 14.5. The molecule has 0 bridgehead atoms. The van der Waals surface area contributed by atoms with Crippen LogP contribution in [0.4, 0.5) is 0 Å². The van der Waals surface area contributed by atoms with Gasteiger partial charge in [-0.25, -0.2) is 0 Å². The minimum absolute atomic E-state index is 0.139. The van der Waals surface area contributed by atoms with Gasteiger partial charge in [-0.15, -0.1) is 0 Å². The van der Waals surface area contributed by atoms with Crippen LogP contribution in [0.25, 0.3) is 0 Å². The van der Waals surface area contributed by atoms with E-state index in [-0.39, 0.29) is 5.84 Å². The standard InChI is InChI=1S/C16H18N2OS/c1-10-7-8-13(9-12(10)3)20-15-11(2)5-4-6-14(15)16(17)18-19/h4-9,19H,1-3H3,(H2,17,18). The molecule has 0 amide bonds. The van der Waals surface area contributed by atoms with Crippen LogP contribution in [0.15, 0.2) is 51.3 Å².